The maximum absolute atomic E-state index is 11.5. The van der Waals surface area contributed by atoms with Gasteiger partial charge in [-0.25, -0.2) is 8.42 Å². The largest absolute Gasteiger partial charge is 0.497 e. The molecule has 0 aromatic heterocycles. The van der Waals surface area contributed by atoms with Gasteiger partial charge < -0.3 is 14.4 Å². The Balaban J connectivity index is 2.17. The van der Waals surface area contributed by atoms with Gasteiger partial charge in [0.15, 0.2) is 0 Å². The van der Waals surface area contributed by atoms with Gasteiger partial charge in [-0.3, -0.25) is 0 Å². The molecular weight excluding hydrogens is 280 g/mol. The number of methoxy groups -OCH3 is 2. The van der Waals surface area contributed by atoms with E-state index >= 15 is 0 Å². The maximum Gasteiger partial charge on any atom is 0.211 e. The zero-order valence-corrected chi connectivity index (χ0v) is 12.8. The zero-order chi connectivity index (χ0) is 14.8. The van der Waals surface area contributed by atoms with Crippen LogP contribution in [-0.2, 0) is 10.0 Å². The van der Waals surface area contributed by atoms with E-state index in [0.717, 1.165) is 17.2 Å². The Kier molecular flexibility index (Phi) is 4.39. The highest BCUT2D eigenvalue weighted by molar-refractivity contribution is 7.88. The molecule has 2 rings (SSSR count). The van der Waals surface area contributed by atoms with Crippen LogP contribution in [0.5, 0.6) is 11.5 Å². The summed E-state index contributed by atoms with van der Waals surface area (Å²) in [6.45, 7) is 2.24. The van der Waals surface area contributed by atoms with Gasteiger partial charge >= 0.3 is 0 Å². The molecular formula is C13H20N2O4S. The van der Waals surface area contributed by atoms with Crippen molar-refractivity contribution in [3.63, 3.8) is 0 Å². The van der Waals surface area contributed by atoms with Gasteiger partial charge in [-0.15, -0.1) is 0 Å². The first-order valence-corrected chi connectivity index (χ1v) is 8.22. The molecule has 0 atom stereocenters. The number of piperazine rings is 1. The second kappa shape index (κ2) is 5.88. The summed E-state index contributed by atoms with van der Waals surface area (Å²) in [5, 5.41) is 0. The van der Waals surface area contributed by atoms with Crippen molar-refractivity contribution in [1.29, 1.82) is 0 Å². The number of hydrogen-bond acceptors (Lipinski definition) is 5. The summed E-state index contributed by atoms with van der Waals surface area (Å²) in [4.78, 5) is 2.11. The Hall–Kier alpha value is -1.47. The Labute approximate surface area is 119 Å². The quantitative estimate of drug-likeness (QED) is 0.822. The van der Waals surface area contributed by atoms with E-state index in [4.69, 9.17) is 9.47 Å². The summed E-state index contributed by atoms with van der Waals surface area (Å²) in [6.07, 6.45) is 1.24. The standard InChI is InChI=1S/C13H20N2O4S/c1-18-11-4-5-13(19-2)12(10-11)14-6-8-15(9-7-14)20(3,16)17/h4-5,10H,6-9H2,1-3H3. The van der Waals surface area contributed by atoms with Gasteiger partial charge in [-0.1, -0.05) is 0 Å². The maximum atomic E-state index is 11.5. The third-order valence-electron chi connectivity index (χ3n) is 3.43. The molecule has 1 aromatic rings. The van der Waals surface area contributed by atoms with Crippen LogP contribution in [0, 0.1) is 0 Å². The topological polar surface area (TPSA) is 59.1 Å². The second-order valence-electron chi connectivity index (χ2n) is 4.69. The van der Waals surface area contributed by atoms with Crippen LogP contribution < -0.4 is 14.4 Å². The monoisotopic (exact) mass is 300 g/mol. The Morgan fingerprint density at radius 1 is 1.05 bits per heavy atom. The van der Waals surface area contributed by atoms with Crippen LogP contribution in [0.25, 0.3) is 0 Å². The van der Waals surface area contributed by atoms with Gasteiger partial charge in [-0.2, -0.15) is 4.31 Å². The van der Waals surface area contributed by atoms with E-state index in [1.54, 1.807) is 14.2 Å². The average Bonchev–Trinajstić information content (AvgIpc) is 2.45. The zero-order valence-electron chi connectivity index (χ0n) is 12.0. The Morgan fingerprint density at radius 3 is 2.20 bits per heavy atom. The first kappa shape index (κ1) is 14.9. The SMILES string of the molecule is COc1ccc(OC)c(N2CCN(S(C)(=O)=O)CC2)c1. The summed E-state index contributed by atoms with van der Waals surface area (Å²) in [6, 6.07) is 5.61. The van der Waals surface area contributed by atoms with Crippen molar-refractivity contribution >= 4 is 15.7 Å². The van der Waals surface area contributed by atoms with Crippen LogP contribution in [0.1, 0.15) is 0 Å². The van der Waals surface area contributed by atoms with Crippen LogP contribution >= 0.6 is 0 Å². The van der Waals surface area contributed by atoms with Crippen molar-refractivity contribution in [2.24, 2.45) is 0 Å². The van der Waals surface area contributed by atoms with Crippen molar-refractivity contribution in [3.8, 4) is 11.5 Å². The van der Waals surface area contributed by atoms with E-state index in [1.165, 1.54) is 10.6 Å². The summed E-state index contributed by atoms with van der Waals surface area (Å²) in [7, 11) is 0.132. The van der Waals surface area contributed by atoms with Crippen LogP contribution in [0.4, 0.5) is 5.69 Å². The highest BCUT2D eigenvalue weighted by Gasteiger charge is 2.25. The average molecular weight is 300 g/mol. The smallest absolute Gasteiger partial charge is 0.211 e. The van der Waals surface area contributed by atoms with E-state index in [0.29, 0.717) is 26.2 Å². The van der Waals surface area contributed by atoms with Crippen molar-refractivity contribution in [3.05, 3.63) is 18.2 Å². The lowest BCUT2D eigenvalue weighted by atomic mass is 10.2. The molecule has 1 saturated heterocycles. The van der Waals surface area contributed by atoms with Crippen LogP contribution in [0.3, 0.4) is 0 Å². The molecule has 0 radical (unpaired) electrons. The second-order valence-corrected chi connectivity index (χ2v) is 6.67. The molecule has 0 aliphatic carbocycles. The highest BCUT2D eigenvalue weighted by Crippen LogP contribution is 2.32. The van der Waals surface area contributed by atoms with Crippen molar-refractivity contribution in [1.82, 2.24) is 4.31 Å². The summed E-state index contributed by atoms with van der Waals surface area (Å²) >= 11 is 0. The molecule has 0 N–H and O–H groups in total. The van der Waals surface area contributed by atoms with E-state index < -0.39 is 10.0 Å². The number of sulfonamides is 1. The van der Waals surface area contributed by atoms with Gasteiger partial charge in [0.05, 0.1) is 26.2 Å². The minimum absolute atomic E-state index is 0.485. The molecule has 0 amide bonds. The number of anilines is 1. The predicted molar refractivity (Wildman–Crippen MR) is 78.2 cm³/mol. The van der Waals surface area contributed by atoms with Gasteiger partial charge in [0.2, 0.25) is 10.0 Å². The third kappa shape index (κ3) is 3.16. The Morgan fingerprint density at radius 2 is 1.70 bits per heavy atom. The fourth-order valence-electron chi connectivity index (χ4n) is 2.30. The minimum atomic E-state index is -3.11. The molecule has 1 aromatic carbocycles. The predicted octanol–water partition coefficient (Wildman–Crippen LogP) is 0.785. The van der Waals surface area contributed by atoms with Crippen LogP contribution in [0.15, 0.2) is 18.2 Å². The fourth-order valence-corrected chi connectivity index (χ4v) is 3.13. The normalized spacial score (nSPS) is 17.1. The van der Waals surface area contributed by atoms with Crippen molar-refractivity contribution < 1.29 is 17.9 Å². The molecule has 0 spiro atoms. The fraction of sp³-hybridized carbons (Fsp3) is 0.538. The lowest BCUT2D eigenvalue weighted by molar-refractivity contribution is 0.378. The first-order chi connectivity index (χ1) is 9.45. The van der Waals surface area contributed by atoms with E-state index in [1.807, 2.05) is 18.2 Å². The van der Waals surface area contributed by atoms with Crippen molar-refractivity contribution in [2.45, 2.75) is 0 Å². The molecule has 0 unspecified atom stereocenters. The van der Waals surface area contributed by atoms with E-state index in [2.05, 4.69) is 4.90 Å². The van der Waals surface area contributed by atoms with Crippen molar-refractivity contribution in [2.75, 3.05) is 51.6 Å². The van der Waals surface area contributed by atoms with Gasteiger partial charge in [0, 0.05) is 32.2 Å². The lowest BCUT2D eigenvalue weighted by Crippen LogP contribution is -2.48. The lowest BCUT2D eigenvalue weighted by Gasteiger charge is -2.35. The molecule has 7 heteroatoms. The molecule has 1 aliphatic rings. The molecule has 0 bridgehead atoms. The molecule has 0 saturated carbocycles. The molecule has 6 nitrogen and oxygen atoms in total. The summed E-state index contributed by atoms with van der Waals surface area (Å²) in [5.41, 5.74) is 0.931. The van der Waals surface area contributed by atoms with Crippen LogP contribution in [-0.4, -0.2) is 59.4 Å². The third-order valence-corrected chi connectivity index (χ3v) is 4.74. The first-order valence-electron chi connectivity index (χ1n) is 6.38. The number of ether oxygens (including phenoxy) is 2. The summed E-state index contributed by atoms with van der Waals surface area (Å²) < 4.78 is 35.1. The molecule has 1 aliphatic heterocycles. The molecule has 1 heterocycles. The number of nitrogens with zero attached hydrogens (tertiary/aromatic N) is 2. The number of hydrogen-bond donors (Lipinski definition) is 0. The van der Waals surface area contributed by atoms with Gasteiger partial charge in [0.25, 0.3) is 0 Å². The number of rotatable bonds is 4. The summed E-state index contributed by atoms with van der Waals surface area (Å²) in [5.74, 6) is 1.52. The van der Waals surface area contributed by atoms with E-state index in [-0.39, 0.29) is 0 Å². The van der Waals surface area contributed by atoms with Gasteiger partial charge in [-0.05, 0) is 12.1 Å². The van der Waals surface area contributed by atoms with E-state index in [9.17, 15) is 8.42 Å². The molecule has 112 valence electrons. The molecule has 20 heavy (non-hydrogen) atoms. The Bertz CT molecular complexity index is 566. The minimum Gasteiger partial charge on any atom is -0.497 e. The van der Waals surface area contributed by atoms with Gasteiger partial charge in [0.1, 0.15) is 11.5 Å². The molecule has 1 fully saturated rings. The highest BCUT2D eigenvalue weighted by atomic mass is 32.2. The van der Waals surface area contributed by atoms with Crippen LogP contribution in [0.2, 0.25) is 0 Å². The number of benzene rings is 1.